The number of hydrogen-bond acceptors (Lipinski definition) is 5. The molecule has 0 unspecified atom stereocenters. The number of aromatic nitrogens is 3. The van der Waals surface area contributed by atoms with E-state index in [9.17, 15) is 8.42 Å². The summed E-state index contributed by atoms with van der Waals surface area (Å²) in [5.74, 6) is 0. The van der Waals surface area contributed by atoms with Crippen molar-refractivity contribution in [2.45, 2.75) is 32.2 Å². The fourth-order valence-electron chi connectivity index (χ4n) is 2.18. The third-order valence-corrected chi connectivity index (χ3v) is 6.29. The largest absolute Gasteiger partial charge is 0.281 e. The highest BCUT2D eigenvalue weighted by Gasteiger charge is 2.25. The first-order valence-corrected chi connectivity index (χ1v) is 9.63. The molecule has 122 valence electrons. The fourth-order valence-corrected chi connectivity index (χ4v) is 4.62. The molecular formula is C14H15ClN4O2S2. The number of aryl methyl sites for hydroxylation is 3. The molecule has 0 amide bonds. The molecule has 0 spiro atoms. The smallest absolute Gasteiger partial charge is 0.278 e. The summed E-state index contributed by atoms with van der Waals surface area (Å²) in [5.41, 5.74) is 1.70. The molecule has 0 radical (unpaired) electrons. The Hall–Kier alpha value is -1.64. The number of halogens is 1. The molecule has 0 aliphatic carbocycles. The van der Waals surface area contributed by atoms with E-state index in [0.717, 1.165) is 17.0 Å². The van der Waals surface area contributed by atoms with E-state index >= 15 is 0 Å². The van der Waals surface area contributed by atoms with Crippen LogP contribution in [-0.2, 0) is 16.4 Å². The number of imidazole rings is 1. The third kappa shape index (κ3) is 2.93. The van der Waals surface area contributed by atoms with Crippen LogP contribution >= 0.6 is 22.9 Å². The summed E-state index contributed by atoms with van der Waals surface area (Å²) < 4.78 is 29.4. The van der Waals surface area contributed by atoms with Crippen molar-refractivity contribution in [2.75, 3.05) is 4.72 Å². The van der Waals surface area contributed by atoms with Crippen LogP contribution in [0.15, 0.2) is 23.2 Å². The molecule has 3 aromatic rings. The molecule has 0 saturated heterocycles. The molecule has 6 nitrogen and oxygen atoms in total. The molecule has 2 aromatic heterocycles. The van der Waals surface area contributed by atoms with Gasteiger partial charge in [0.05, 0.1) is 11.4 Å². The van der Waals surface area contributed by atoms with Gasteiger partial charge in [0.1, 0.15) is 5.01 Å². The minimum absolute atomic E-state index is 0.0557. The van der Waals surface area contributed by atoms with E-state index in [2.05, 4.69) is 14.8 Å². The predicted octanol–water partition coefficient (Wildman–Crippen LogP) is 3.42. The summed E-state index contributed by atoms with van der Waals surface area (Å²) in [7, 11) is -3.82. The van der Waals surface area contributed by atoms with E-state index in [1.165, 1.54) is 15.9 Å². The molecule has 1 aromatic carbocycles. The highest BCUT2D eigenvalue weighted by atomic mass is 35.5. The number of hydrogen-bond donors (Lipinski definition) is 1. The summed E-state index contributed by atoms with van der Waals surface area (Å²) >= 11 is 7.44. The Bertz CT molecular complexity index is 992. The van der Waals surface area contributed by atoms with Gasteiger partial charge in [0.25, 0.3) is 10.0 Å². The first-order valence-electron chi connectivity index (χ1n) is 6.96. The number of anilines is 1. The van der Waals surface area contributed by atoms with Crippen LogP contribution in [-0.4, -0.2) is 23.0 Å². The average molecular weight is 371 g/mol. The van der Waals surface area contributed by atoms with Crippen LogP contribution in [0.1, 0.15) is 23.2 Å². The van der Waals surface area contributed by atoms with Gasteiger partial charge in [0.2, 0.25) is 9.99 Å². The Morgan fingerprint density at radius 1 is 1.35 bits per heavy atom. The van der Waals surface area contributed by atoms with E-state index in [1.807, 2.05) is 13.8 Å². The number of benzene rings is 1. The number of nitrogens with one attached hydrogen (secondary N) is 1. The van der Waals surface area contributed by atoms with Crippen LogP contribution in [0.3, 0.4) is 0 Å². The minimum atomic E-state index is -3.82. The van der Waals surface area contributed by atoms with Gasteiger partial charge in [-0.25, -0.2) is 4.98 Å². The maximum atomic E-state index is 12.7. The quantitative estimate of drug-likeness (QED) is 0.763. The maximum absolute atomic E-state index is 12.7. The van der Waals surface area contributed by atoms with Gasteiger partial charge in [-0.3, -0.25) is 4.72 Å². The lowest BCUT2D eigenvalue weighted by atomic mass is 10.2. The predicted molar refractivity (Wildman–Crippen MR) is 92.0 cm³/mol. The van der Waals surface area contributed by atoms with E-state index in [-0.39, 0.29) is 5.03 Å². The Morgan fingerprint density at radius 3 is 2.74 bits per heavy atom. The van der Waals surface area contributed by atoms with E-state index in [4.69, 9.17) is 11.6 Å². The van der Waals surface area contributed by atoms with Gasteiger partial charge in [-0.2, -0.15) is 18.0 Å². The molecule has 3 rings (SSSR count). The highest BCUT2D eigenvalue weighted by molar-refractivity contribution is 7.92. The van der Waals surface area contributed by atoms with Crippen molar-refractivity contribution < 1.29 is 8.42 Å². The second-order valence-corrected chi connectivity index (χ2v) is 8.16. The first-order chi connectivity index (χ1) is 10.8. The van der Waals surface area contributed by atoms with Crippen LogP contribution in [0.4, 0.5) is 5.69 Å². The molecule has 0 aliphatic heterocycles. The number of sulfonamides is 1. The number of nitrogens with zero attached hydrogens (tertiary/aromatic N) is 3. The van der Waals surface area contributed by atoms with Crippen LogP contribution in [0.5, 0.6) is 0 Å². The van der Waals surface area contributed by atoms with Gasteiger partial charge in [0.15, 0.2) is 0 Å². The first kappa shape index (κ1) is 16.2. The van der Waals surface area contributed by atoms with Gasteiger partial charge in [-0.15, -0.1) is 0 Å². The van der Waals surface area contributed by atoms with Crippen molar-refractivity contribution in [3.05, 3.63) is 39.5 Å². The van der Waals surface area contributed by atoms with Crippen LogP contribution in [0.25, 0.3) is 4.96 Å². The van der Waals surface area contributed by atoms with Gasteiger partial charge in [-0.1, -0.05) is 35.9 Å². The van der Waals surface area contributed by atoms with Gasteiger partial charge < -0.3 is 0 Å². The zero-order chi connectivity index (χ0) is 16.8. The zero-order valence-electron chi connectivity index (χ0n) is 12.8. The Balaban J connectivity index is 2.06. The van der Waals surface area contributed by atoms with E-state index in [1.54, 1.807) is 25.1 Å². The number of rotatable bonds is 4. The third-order valence-electron chi connectivity index (χ3n) is 3.35. The van der Waals surface area contributed by atoms with Gasteiger partial charge in [0, 0.05) is 5.02 Å². The van der Waals surface area contributed by atoms with Crippen LogP contribution in [0.2, 0.25) is 5.02 Å². The lowest BCUT2D eigenvalue weighted by molar-refractivity contribution is 0.592. The number of fused-ring (bicyclic) bond motifs is 1. The zero-order valence-corrected chi connectivity index (χ0v) is 15.2. The van der Waals surface area contributed by atoms with Crippen LogP contribution < -0.4 is 4.72 Å². The standard InChI is InChI=1S/C14H15ClN4O2S2/c1-4-12-17-19-13(9(3)16-14(19)22-12)23(20,21)18-10-6-5-8(2)11(15)7-10/h5-7,18H,4H2,1-3H3. The van der Waals surface area contributed by atoms with E-state index < -0.39 is 10.0 Å². The van der Waals surface area contributed by atoms with Crippen molar-refractivity contribution in [1.82, 2.24) is 14.6 Å². The highest BCUT2D eigenvalue weighted by Crippen LogP contribution is 2.26. The lowest BCUT2D eigenvalue weighted by Crippen LogP contribution is -2.16. The minimum Gasteiger partial charge on any atom is -0.278 e. The van der Waals surface area contributed by atoms with Crippen molar-refractivity contribution in [1.29, 1.82) is 0 Å². The summed E-state index contributed by atoms with van der Waals surface area (Å²) in [5, 5.41) is 5.71. The van der Waals surface area contributed by atoms with Crippen LogP contribution in [0, 0.1) is 13.8 Å². The van der Waals surface area contributed by atoms with Crippen molar-refractivity contribution in [3.8, 4) is 0 Å². The molecule has 0 bridgehead atoms. The monoisotopic (exact) mass is 370 g/mol. The Morgan fingerprint density at radius 2 is 2.09 bits per heavy atom. The average Bonchev–Trinajstić information content (AvgIpc) is 2.98. The second-order valence-electron chi connectivity index (χ2n) is 5.12. The van der Waals surface area contributed by atoms with Crippen molar-refractivity contribution >= 4 is 43.6 Å². The van der Waals surface area contributed by atoms with Gasteiger partial charge in [-0.05, 0) is 38.0 Å². The summed E-state index contributed by atoms with van der Waals surface area (Å²) in [6.07, 6.45) is 0.730. The molecule has 0 saturated carbocycles. The lowest BCUT2D eigenvalue weighted by Gasteiger charge is -2.09. The Labute approximate surface area is 143 Å². The van der Waals surface area contributed by atoms with Crippen molar-refractivity contribution in [3.63, 3.8) is 0 Å². The SMILES string of the molecule is CCc1nn2c(S(=O)(=O)Nc3ccc(C)c(Cl)c3)c(C)nc2s1. The molecule has 0 atom stereocenters. The van der Waals surface area contributed by atoms with Gasteiger partial charge >= 0.3 is 0 Å². The summed E-state index contributed by atoms with van der Waals surface area (Å²) in [6, 6.07) is 5.02. The topological polar surface area (TPSA) is 76.4 Å². The van der Waals surface area contributed by atoms with E-state index in [0.29, 0.717) is 21.4 Å². The molecule has 9 heteroatoms. The normalized spacial score (nSPS) is 12.0. The molecule has 23 heavy (non-hydrogen) atoms. The van der Waals surface area contributed by atoms with Crippen molar-refractivity contribution in [2.24, 2.45) is 0 Å². The molecular weight excluding hydrogens is 356 g/mol. The fraction of sp³-hybridized carbons (Fsp3) is 0.286. The maximum Gasteiger partial charge on any atom is 0.281 e. The molecule has 0 fully saturated rings. The molecule has 1 N–H and O–H groups in total. The summed E-state index contributed by atoms with van der Waals surface area (Å²) in [6.45, 7) is 5.47. The Kier molecular flexibility index (Phi) is 4.07. The molecule has 2 heterocycles. The molecule has 0 aliphatic rings. The second kappa shape index (κ2) is 5.77. The summed E-state index contributed by atoms with van der Waals surface area (Å²) in [4.78, 5) is 4.87.